The van der Waals surface area contributed by atoms with Gasteiger partial charge in [-0.1, -0.05) is 37.8 Å². The van der Waals surface area contributed by atoms with E-state index in [1.807, 2.05) is 46.8 Å². The van der Waals surface area contributed by atoms with Gasteiger partial charge in [0.1, 0.15) is 18.5 Å². The molecule has 34 heavy (non-hydrogen) atoms. The van der Waals surface area contributed by atoms with Crippen LogP contribution in [0.15, 0.2) is 12.1 Å². The standard InChI is InChI=1S/C27H42O7/c1-6-27(4,5)26(32)34-25(19-10-8-7-9-11-19)22-13-17(2)12-18(3)24(22)33-16-21(29)14-20(28)15-23(30)31/h12-13,19-21,25,28-29H,6-11,14-16H2,1-5H3,(H,30,31)/t20-,21+,25?/m1/s1. The van der Waals surface area contributed by atoms with E-state index in [9.17, 15) is 19.8 Å². The smallest absolute Gasteiger partial charge is 0.312 e. The summed E-state index contributed by atoms with van der Waals surface area (Å²) < 4.78 is 12.3. The number of aliphatic hydroxyl groups excluding tert-OH is 2. The van der Waals surface area contributed by atoms with E-state index in [2.05, 4.69) is 0 Å². The van der Waals surface area contributed by atoms with Crippen molar-refractivity contribution in [3.63, 3.8) is 0 Å². The molecule has 1 aromatic carbocycles. The number of esters is 1. The zero-order valence-electron chi connectivity index (χ0n) is 21.3. The summed E-state index contributed by atoms with van der Waals surface area (Å²) in [5.41, 5.74) is 2.12. The van der Waals surface area contributed by atoms with E-state index in [4.69, 9.17) is 14.6 Å². The van der Waals surface area contributed by atoms with Gasteiger partial charge < -0.3 is 24.8 Å². The second-order valence-electron chi connectivity index (χ2n) is 10.4. The molecule has 0 bridgehead atoms. The molecule has 0 saturated heterocycles. The van der Waals surface area contributed by atoms with Gasteiger partial charge in [0.05, 0.1) is 24.0 Å². The topological polar surface area (TPSA) is 113 Å². The second kappa shape index (κ2) is 12.5. The number of carbonyl (C=O) groups excluding carboxylic acids is 1. The van der Waals surface area contributed by atoms with Crippen molar-refractivity contribution >= 4 is 11.9 Å². The van der Waals surface area contributed by atoms with Crippen LogP contribution < -0.4 is 4.74 Å². The number of carboxylic acids is 1. The number of aryl methyl sites for hydroxylation is 2. The van der Waals surface area contributed by atoms with Crippen molar-refractivity contribution in [1.82, 2.24) is 0 Å². The largest absolute Gasteiger partial charge is 0.490 e. The third-order valence-electron chi connectivity index (χ3n) is 6.88. The minimum atomic E-state index is -1.15. The molecule has 1 aliphatic rings. The molecule has 2 rings (SSSR count). The van der Waals surface area contributed by atoms with Crippen LogP contribution in [0, 0.1) is 25.2 Å². The Morgan fingerprint density at radius 3 is 2.32 bits per heavy atom. The van der Waals surface area contributed by atoms with E-state index < -0.39 is 36.1 Å². The Labute approximate surface area is 203 Å². The van der Waals surface area contributed by atoms with Crippen molar-refractivity contribution in [2.24, 2.45) is 11.3 Å². The fraction of sp³-hybridized carbons (Fsp3) is 0.704. The Bertz CT molecular complexity index is 827. The summed E-state index contributed by atoms with van der Waals surface area (Å²) in [6, 6.07) is 3.99. The summed E-state index contributed by atoms with van der Waals surface area (Å²) in [4.78, 5) is 23.9. The lowest BCUT2D eigenvalue weighted by Gasteiger charge is -2.34. The Morgan fingerprint density at radius 1 is 1.09 bits per heavy atom. The zero-order chi connectivity index (χ0) is 25.5. The molecule has 0 amide bonds. The number of benzene rings is 1. The molecule has 0 heterocycles. The highest BCUT2D eigenvalue weighted by molar-refractivity contribution is 5.76. The Balaban J connectivity index is 2.32. The molecule has 3 N–H and O–H groups in total. The first-order chi connectivity index (χ1) is 15.9. The van der Waals surface area contributed by atoms with Crippen molar-refractivity contribution in [3.05, 3.63) is 28.8 Å². The molecule has 192 valence electrons. The van der Waals surface area contributed by atoms with Crippen LogP contribution in [0.3, 0.4) is 0 Å². The minimum Gasteiger partial charge on any atom is -0.490 e. The molecular formula is C27H42O7. The second-order valence-corrected chi connectivity index (χ2v) is 10.4. The third kappa shape index (κ3) is 7.98. The van der Waals surface area contributed by atoms with Gasteiger partial charge >= 0.3 is 11.9 Å². The normalized spacial score (nSPS) is 17.6. The summed E-state index contributed by atoms with van der Waals surface area (Å²) in [7, 11) is 0. The van der Waals surface area contributed by atoms with Gasteiger partial charge in [0.2, 0.25) is 0 Å². The molecule has 0 radical (unpaired) electrons. The lowest BCUT2D eigenvalue weighted by molar-refractivity contribution is -0.164. The summed E-state index contributed by atoms with van der Waals surface area (Å²) in [5.74, 6) is -0.580. The first-order valence-electron chi connectivity index (χ1n) is 12.5. The molecule has 1 unspecified atom stereocenters. The van der Waals surface area contributed by atoms with Crippen molar-refractivity contribution in [1.29, 1.82) is 0 Å². The number of ether oxygens (including phenoxy) is 2. The Morgan fingerprint density at radius 2 is 1.74 bits per heavy atom. The molecule has 0 aliphatic heterocycles. The summed E-state index contributed by atoms with van der Waals surface area (Å²) in [5, 5.41) is 29.0. The maximum absolute atomic E-state index is 13.1. The fourth-order valence-corrected chi connectivity index (χ4v) is 4.51. The van der Waals surface area contributed by atoms with E-state index in [1.165, 1.54) is 6.42 Å². The predicted octanol–water partition coefficient (Wildman–Crippen LogP) is 4.87. The monoisotopic (exact) mass is 478 g/mol. The fourth-order valence-electron chi connectivity index (χ4n) is 4.51. The van der Waals surface area contributed by atoms with Crippen LogP contribution in [0.25, 0.3) is 0 Å². The van der Waals surface area contributed by atoms with E-state index >= 15 is 0 Å². The number of rotatable bonds is 12. The molecule has 1 aliphatic carbocycles. The van der Waals surface area contributed by atoms with Crippen LogP contribution in [-0.4, -0.2) is 46.1 Å². The van der Waals surface area contributed by atoms with Crippen LogP contribution in [0.1, 0.15) is 94.9 Å². The van der Waals surface area contributed by atoms with Gasteiger partial charge in [-0.25, -0.2) is 0 Å². The van der Waals surface area contributed by atoms with Gasteiger partial charge in [-0.15, -0.1) is 0 Å². The van der Waals surface area contributed by atoms with Crippen molar-refractivity contribution in [2.75, 3.05) is 6.61 Å². The van der Waals surface area contributed by atoms with E-state index in [0.29, 0.717) is 12.2 Å². The maximum atomic E-state index is 13.1. The number of aliphatic carboxylic acids is 1. The van der Waals surface area contributed by atoms with Gasteiger partial charge in [0, 0.05) is 17.9 Å². The molecule has 7 nitrogen and oxygen atoms in total. The van der Waals surface area contributed by atoms with Gasteiger partial charge in [-0.3, -0.25) is 9.59 Å². The minimum absolute atomic E-state index is 0.0979. The van der Waals surface area contributed by atoms with Gasteiger partial charge in [0.25, 0.3) is 0 Å². The molecular weight excluding hydrogens is 436 g/mol. The molecule has 1 saturated carbocycles. The lowest BCUT2D eigenvalue weighted by Crippen LogP contribution is -2.31. The molecule has 3 atom stereocenters. The molecule has 1 fully saturated rings. The average Bonchev–Trinajstić information content (AvgIpc) is 2.76. The lowest BCUT2D eigenvalue weighted by atomic mass is 9.81. The van der Waals surface area contributed by atoms with Crippen LogP contribution in [-0.2, 0) is 14.3 Å². The van der Waals surface area contributed by atoms with Crippen LogP contribution in [0.4, 0.5) is 0 Å². The Hall–Kier alpha value is -2.12. The van der Waals surface area contributed by atoms with Crippen LogP contribution >= 0.6 is 0 Å². The number of hydrogen-bond acceptors (Lipinski definition) is 6. The molecule has 0 spiro atoms. The molecule has 1 aromatic rings. The Kier molecular flexibility index (Phi) is 10.4. The highest BCUT2D eigenvalue weighted by Gasteiger charge is 2.36. The average molecular weight is 479 g/mol. The SMILES string of the molecule is CCC(C)(C)C(=O)OC(c1cc(C)cc(C)c1OC[C@@H](O)C[C@@H](O)CC(=O)O)C1CCCCC1. The van der Waals surface area contributed by atoms with Crippen molar-refractivity contribution < 1.29 is 34.4 Å². The highest BCUT2D eigenvalue weighted by Crippen LogP contribution is 2.43. The number of hydrogen-bond donors (Lipinski definition) is 3. The van der Waals surface area contributed by atoms with Gasteiger partial charge in [0.15, 0.2) is 0 Å². The number of carbonyl (C=O) groups is 2. The van der Waals surface area contributed by atoms with Gasteiger partial charge in [-0.2, -0.15) is 0 Å². The van der Waals surface area contributed by atoms with E-state index in [-0.39, 0.29) is 24.9 Å². The summed E-state index contributed by atoms with van der Waals surface area (Å²) >= 11 is 0. The van der Waals surface area contributed by atoms with E-state index in [1.54, 1.807) is 0 Å². The quantitative estimate of drug-likeness (QED) is 0.367. The first-order valence-corrected chi connectivity index (χ1v) is 12.5. The number of aliphatic hydroxyl groups is 2. The zero-order valence-corrected chi connectivity index (χ0v) is 21.3. The molecule has 7 heteroatoms. The van der Waals surface area contributed by atoms with Crippen LogP contribution in [0.2, 0.25) is 0 Å². The molecule has 0 aromatic heterocycles. The summed E-state index contributed by atoms with van der Waals surface area (Å²) in [6.45, 7) is 9.58. The van der Waals surface area contributed by atoms with E-state index in [0.717, 1.165) is 42.4 Å². The maximum Gasteiger partial charge on any atom is 0.312 e. The predicted molar refractivity (Wildman–Crippen MR) is 130 cm³/mol. The summed E-state index contributed by atoms with van der Waals surface area (Å²) in [6.07, 6.45) is 2.83. The van der Waals surface area contributed by atoms with Crippen LogP contribution in [0.5, 0.6) is 5.75 Å². The van der Waals surface area contributed by atoms with Gasteiger partial charge in [-0.05, 0) is 58.6 Å². The number of carboxylic acid groups (broad SMARTS) is 1. The highest BCUT2D eigenvalue weighted by atomic mass is 16.5. The third-order valence-corrected chi connectivity index (χ3v) is 6.88. The van der Waals surface area contributed by atoms with Crippen molar-refractivity contribution in [2.45, 2.75) is 104 Å². The first kappa shape index (κ1) is 28.1. The van der Waals surface area contributed by atoms with Crippen molar-refractivity contribution in [3.8, 4) is 5.75 Å².